The molecule has 2 rings (SSSR count). The Morgan fingerprint density at radius 1 is 1.12 bits per heavy atom. The van der Waals surface area contributed by atoms with E-state index in [9.17, 15) is 32.7 Å². The molecule has 1 aromatic carbocycles. The molecule has 0 spiro atoms. The number of aliphatic carboxylic acids is 1. The highest BCUT2D eigenvalue weighted by molar-refractivity contribution is 7.90. The Balaban J connectivity index is 1.71. The normalized spacial score (nSPS) is 11.8. The fraction of sp³-hybridized carbons (Fsp3) is 0.316. The highest BCUT2D eigenvalue weighted by Gasteiger charge is 2.21. The molecule has 33 heavy (non-hydrogen) atoms. The first-order valence-corrected chi connectivity index (χ1v) is 11.2. The molecule has 2 aromatic rings. The average Bonchev–Trinajstić information content (AvgIpc) is 3.25. The lowest BCUT2D eigenvalue weighted by atomic mass is 10.1. The molecular formula is C19H24N6O7S. The van der Waals surface area contributed by atoms with Gasteiger partial charge in [-0.05, 0) is 18.6 Å². The van der Waals surface area contributed by atoms with Crippen molar-refractivity contribution in [2.75, 3.05) is 13.1 Å². The van der Waals surface area contributed by atoms with Crippen molar-refractivity contribution in [2.45, 2.75) is 30.7 Å². The number of sulfonamides is 1. The van der Waals surface area contributed by atoms with Crippen molar-refractivity contribution >= 4 is 33.8 Å². The number of carboxylic acid groups (broad SMARTS) is 1. The maximum Gasteiger partial charge on any atom is 0.329 e. The molecule has 178 valence electrons. The molecule has 4 amide bonds. The van der Waals surface area contributed by atoms with Gasteiger partial charge in [-0.25, -0.2) is 27.7 Å². The van der Waals surface area contributed by atoms with Gasteiger partial charge in [0.25, 0.3) is 10.0 Å². The van der Waals surface area contributed by atoms with Crippen molar-refractivity contribution in [3.63, 3.8) is 0 Å². The van der Waals surface area contributed by atoms with E-state index < -0.39 is 46.4 Å². The van der Waals surface area contributed by atoms with E-state index in [1.807, 2.05) is 4.72 Å². The third-order valence-electron chi connectivity index (χ3n) is 4.31. The Labute approximate surface area is 189 Å². The van der Waals surface area contributed by atoms with E-state index in [0.29, 0.717) is 11.3 Å². The lowest BCUT2D eigenvalue weighted by Gasteiger charge is -2.14. The van der Waals surface area contributed by atoms with Crippen LogP contribution in [0.4, 0.5) is 4.79 Å². The summed E-state index contributed by atoms with van der Waals surface area (Å²) in [5, 5.41) is 16.0. The van der Waals surface area contributed by atoms with Crippen LogP contribution in [0.3, 0.4) is 0 Å². The molecule has 1 heterocycles. The maximum absolute atomic E-state index is 12.2. The number of imidazole rings is 1. The zero-order valence-corrected chi connectivity index (χ0v) is 18.4. The summed E-state index contributed by atoms with van der Waals surface area (Å²) in [6.45, 7) is 0.923. The van der Waals surface area contributed by atoms with Gasteiger partial charge in [0.15, 0.2) is 0 Å². The number of carbonyl (C=O) groups excluding carboxylic acids is 3. The molecule has 0 bridgehead atoms. The van der Waals surface area contributed by atoms with Crippen molar-refractivity contribution in [3.8, 4) is 0 Å². The van der Waals surface area contributed by atoms with Crippen molar-refractivity contribution < 1.29 is 32.7 Å². The number of carboxylic acids is 1. The number of amides is 4. The van der Waals surface area contributed by atoms with Crippen molar-refractivity contribution in [2.24, 2.45) is 0 Å². The highest BCUT2D eigenvalue weighted by atomic mass is 32.2. The Kier molecular flexibility index (Phi) is 8.91. The molecule has 0 fully saturated rings. The van der Waals surface area contributed by atoms with E-state index >= 15 is 0 Å². The highest BCUT2D eigenvalue weighted by Crippen LogP contribution is 2.13. The molecule has 14 heteroatoms. The molecule has 0 aliphatic heterocycles. The van der Waals surface area contributed by atoms with Crippen LogP contribution in [-0.4, -0.2) is 66.4 Å². The molecule has 6 N–H and O–H groups in total. The number of hydrogen-bond donors (Lipinski definition) is 6. The van der Waals surface area contributed by atoms with E-state index in [1.165, 1.54) is 24.7 Å². The Morgan fingerprint density at radius 2 is 1.85 bits per heavy atom. The van der Waals surface area contributed by atoms with Gasteiger partial charge >= 0.3 is 12.0 Å². The minimum Gasteiger partial charge on any atom is -0.480 e. The quantitative estimate of drug-likeness (QED) is 0.236. The summed E-state index contributed by atoms with van der Waals surface area (Å²) in [5.41, 5.74) is 0.980. The molecule has 1 aromatic heterocycles. The fourth-order valence-electron chi connectivity index (χ4n) is 2.69. The second-order valence-corrected chi connectivity index (χ2v) is 8.54. The zero-order chi connectivity index (χ0) is 24.4. The molecule has 0 saturated carbocycles. The number of hydrogen-bond acceptors (Lipinski definition) is 7. The van der Waals surface area contributed by atoms with Gasteiger partial charge in [-0.2, -0.15) is 0 Å². The Hall–Kier alpha value is -3.94. The van der Waals surface area contributed by atoms with E-state index in [2.05, 4.69) is 25.9 Å². The largest absolute Gasteiger partial charge is 0.480 e. The van der Waals surface area contributed by atoms with Gasteiger partial charge in [0.05, 0.1) is 17.8 Å². The van der Waals surface area contributed by atoms with Gasteiger partial charge < -0.3 is 26.0 Å². The molecule has 0 unspecified atom stereocenters. The number of benzene rings is 1. The van der Waals surface area contributed by atoms with Gasteiger partial charge in [-0.1, -0.05) is 18.2 Å². The number of rotatable bonds is 11. The second kappa shape index (κ2) is 11.6. The van der Waals surface area contributed by atoms with Crippen LogP contribution in [0.15, 0.2) is 41.7 Å². The van der Waals surface area contributed by atoms with Crippen LogP contribution >= 0.6 is 0 Å². The third kappa shape index (κ3) is 8.25. The summed E-state index contributed by atoms with van der Waals surface area (Å²) in [7, 11) is -4.10. The Morgan fingerprint density at radius 3 is 2.48 bits per heavy atom. The van der Waals surface area contributed by atoms with Gasteiger partial charge in [-0.3, -0.25) is 9.59 Å². The molecule has 1 atom stereocenters. The SMILES string of the molecule is Cc1ccccc1S(=O)(=O)NC(=O)NCC(=O)NCCC(=O)N[C@@H](Cc1cnc[nH]1)C(=O)O. The van der Waals surface area contributed by atoms with Gasteiger partial charge in [0, 0.05) is 31.3 Å². The Bertz CT molecular complexity index is 1100. The maximum atomic E-state index is 12.2. The first kappa shape index (κ1) is 25.3. The van der Waals surface area contributed by atoms with Crippen molar-refractivity contribution in [1.82, 2.24) is 30.6 Å². The second-order valence-electron chi connectivity index (χ2n) is 6.89. The fourth-order valence-corrected chi connectivity index (χ4v) is 3.87. The van der Waals surface area contributed by atoms with Crippen LogP contribution < -0.4 is 20.7 Å². The number of nitrogens with one attached hydrogen (secondary N) is 5. The zero-order valence-electron chi connectivity index (χ0n) is 17.6. The molecule has 0 radical (unpaired) electrons. The smallest absolute Gasteiger partial charge is 0.329 e. The average molecular weight is 481 g/mol. The third-order valence-corrected chi connectivity index (χ3v) is 5.80. The summed E-state index contributed by atoms with van der Waals surface area (Å²) < 4.78 is 26.3. The number of aryl methyl sites for hydroxylation is 1. The van der Waals surface area contributed by atoms with Crippen LogP contribution in [0.2, 0.25) is 0 Å². The standard InChI is InChI=1S/C19H24N6O7S/c1-12-4-2-3-5-15(12)33(31,32)25-19(30)22-10-17(27)21-7-6-16(26)24-14(18(28)29)8-13-9-20-11-23-13/h2-5,9,11,14H,6-8,10H2,1H3,(H,20,23)(H,21,27)(H,24,26)(H,28,29)(H2,22,25,30)/t14-/m0/s1. The number of carbonyl (C=O) groups is 4. The lowest BCUT2D eigenvalue weighted by molar-refractivity contribution is -0.141. The van der Waals surface area contributed by atoms with Gasteiger partial charge in [-0.15, -0.1) is 0 Å². The summed E-state index contributed by atoms with van der Waals surface area (Å²) in [6.07, 6.45) is 2.64. The molecular weight excluding hydrogens is 456 g/mol. The van der Waals surface area contributed by atoms with Crippen LogP contribution in [0.5, 0.6) is 0 Å². The number of H-pyrrole nitrogens is 1. The summed E-state index contributed by atoms with van der Waals surface area (Å²) in [5.74, 6) is -2.49. The lowest BCUT2D eigenvalue weighted by Crippen LogP contribution is -2.45. The first-order chi connectivity index (χ1) is 15.6. The minimum absolute atomic E-state index is 0.0118. The molecule has 0 aliphatic carbocycles. The van der Waals surface area contributed by atoms with E-state index in [1.54, 1.807) is 19.1 Å². The van der Waals surface area contributed by atoms with Gasteiger partial charge in [0.1, 0.15) is 6.04 Å². The summed E-state index contributed by atoms with van der Waals surface area (Å²) in [4.78, 5) is 53.4. The van der Waals surface area contributed by atoms with Crippen molar-refractivity contribution in [3.05, 3.63) is 48.0 Å². The predicted octanol–water partition coefficient (Wildman–Crippen LogP) is -0.976. The summed E-state index contributed by atoms with van der Waals surface area (Å²) in [6, 6.07) is 3.82. The van der Waals surface area contributed by atoms with Crippen LogP contribution in [0, 0.1) is 6.92 Å². The van der Waals surface area contributed by atoms with Crippen molar-refractivity contribution in [1.29, 1.82) is 0 Å². The molecule has 0 aliphatic rings. The monoisotopic (exact) mass is 480 g/mol. The van der Waals surface area contributed by atoms with E-state index in [4.69, 9.17) is 0 Å². The first-order valence-electron chi connectivity index (χ1n) is 9.71. The van der Waals surface area contributed by atoms with Crippen LogP contribution in [0.25, 0.3) is 0 Å². The summed E-state index contributed by atoms with van der Waals surface area (Å²) >= 11 is 0. The topological polar surface area (TPSA) is 199 Å². The number of aromatic amines is 1. The molecule has 13 nitrogen and oxygen atoms in total. The molecule has 0 saturated heterocycles. The predicted molar refractivity (Wildman–Crippen MR) is 114 cm³/mol. The number of aromatic nitrogens is 2. The minimum atomic E-state index is -4.10. The van der Waals surface area contributed by atoms with Gasteiger partial charge in [0.2, 0.25) is 11.8 Å². The van der Waals surface area contributed by atoms with E-state index in [0.717, 1.165) is 0 Å². The number of nitrogens with zero attached hydrogens (tertiary/aromatic N) is 1. The van der Waals surface area contributed by atoms with Crippen LogP contribution in [-0.2, 0) is 30.8 Å². The van der Waals surface area contributed by atoms with E-state index in [-0.39, 0.29) is 24.3 Å². The number of urea groups is 1. The van der Waals surface area contributed by atoms with Crippen LogP contribution in [0.1, 0.15) is 17.7 Å².